The Hall–Kier alpha value is -1.91. The van der Waals surface area contributed by atoms with E-state index in [0.717, 1.165) is 6.42 Å². The van der Waals surface area contributed by atoms with E-state index in [2.05, 4.69) is 6.07 Å². The lowest BCUT2D eigenvalue weighted by Crippen LogP contribution is -2.36. The first kappa shape index (κ1) is 20.1. The fourth-order valence-corrected chi connectivity index (χ4v) is 3.97. The first-order chi connectivity index (χ1) is 11.3. The van der Waals surface area contributed by atoms with Gasteiger partial charge in [-0.25, -0.2) is 8.42 Å². The van der Waals surface area contributed by atoms with Crippen LogP contribution in [0.2, 0.25) is 0 Å². The Morgan fingerprint density at radius 1 is 1.25 bits per heavy atom. The van der Waals surface area contributed by atoms with Crippen LogP contribution in [0.1, 0.15) is 44.0 Å². The number of amides is 1. The summed E-state index contributed by atoms with van der Waals surface area (Å²) in [5, 5.41) is 9.20. The van der Waals surface area contributed by atoms with Crippen molar-refractivity contribution in [3.05, 3.63) is 29.8 Å². The Labute approximate surface area is 144 Å². The van der Waals surface area contributed by atoms with Crippen LogP contribution >= 0.6 is 0 Å². The average Bonchev–Trinajstić information content (AvgIpc) is 2.59. The number of carbonyl (C=O) groups excluding carboxylic acids is 1. The Morgan fingerprint density at radius 2 is 1.88 bits per heavy atom. The van der Waals surface area contributed by atoms with E-state index in [1.54, 1.807) is 33.0 Å². The highest BCUT2D eigenvalue weighted by molar-refractivity contribution is 7.89. The van der Waals surface area contributed by atoms with Crippen molar-refractivity contribution in [3.63, 3.8) is 0 Å². The molecule has 0 fully saturated rings. The van der Waals surface area contributed by atoms with Gasteiger partial charge in [-0.1, -0.05) is 33.3 Å². The Balaban J connectivity index is 3.17. The van der Waals surface area contributed by atoms with Gasteiger partial charge in [-0.15, -0.1) is 0 Å². The van der Waals surface area contributed by atoms with Crippen LogP contribution in [0, 0.1) is 11.3 Å². The smallest absolute Gasteiger partial charge is 0.254 e. The minimum absolute atomic E-state index is 0.0921. The molecule has 0 aromatic heterocycles. The maximum absolute atomic E-state index is 12.6. The molecule has 0 radical (unpaired) electrons. The molecule has 0 heterocycles. The Kier molecular flexibility index (Phi) is 7.39. The van der Waals surface area contributed by atoms with Crippen LogP contribution in [0.5, 0.6) is 0 Å². The van der Waals surface area contributed by atoms with Crippen molar-refractivity contribution >= 4 is 15.9 Å². The van der Waals surface area contributed by atoms with Gasteiger partial charge in [0.15, 0.2) is 0 Å². The summed E-state index contributed by atoms with van der Waals surface area (Å²) in [6.07, 6.45) is 1.36. The maximum Gasteiger partial charge on any atom is 0.254 e. The van der Waals surface area contributed by atoms with E-state index in [9.17, 15) is 18.5 Å². The van der Waals surface area contributed by atoms with Gasteiger partial charge in [0, 0.05) is 25.7 Å². The van der Waals surface area contributed by atoms with Crippen LogP contribution in [-0.2, 0) is 10.0 Å². The van der Waals surface area contributed by atoms with Crippen molar-refractivity contribution in [2.75, 3.05) is 20.1 Å². The summed E-state index contributed by atoms with van der Waals surface area (Å²) in [4.78, 5) is 14.0. The van der Waals surface area contributed by atoms with Gasteiger partial charge in [0.25, 0.3) is 5.91 Å². The first-order valence-electron chi connectivity index (χ1n) is 8.10. The fourth-order valence-electron chi connectivity index (χ4n) is 2.47. The Bertz CT molecular complexity index is 706. The molecule has 1 aromatic rings. The van der Waals surface area contributed by atoms with Crippen LogP contribution in [0.3, 0.4) is 0 Å². The number of rotatable bonds is 8. The fraction of sp³-hybridized carbons (Fsp3) is 0.529. The van der Waals surface area contributed by atoms with Crippen LogP contribution in [0.15, 0.2) is 29.2 Å². The molecule has 0 N–H and O–H groups in total. The molecule has 0 unspecified atom stereocenters. The van der Waals surface area contributed by atoms with Crippen molar-refractivity contribution in [1.82, 2.24) is 9.21 Å². The van der Waals surface area contributed by atoms with Crippen LogP contribution in [0.4, 0.5) is 0 Å². The van der Waals surface area contributed by atoms with Crippen molar-refractivity contribution in [2.45, 2.75) is 44.6 Å². The number of hydrogen-bond acceptors (Lipinski definition) is 4. The zero-order chi connectivity index (χ0) is 18.3. The predicted molar refractivity (Wildman–Crippen MR) is 93.0 cm³/mol. The lowest BCUT2D eigenvalue weighted by Gasteiger charge is -2.23. The highest BCUT2D eigenvalue weighted by Gasteiger charge is 2.25. The zero-order valence-corrected chi connectivity index (χ0v) is 15.5. The third-order valence-corrected chi connectivity index (χ3v) is 5.97. The number of benzene rings is 1. The van der Waals surface area contributed by atoms with Gasteiger partial charge in [0.1, 0.15) is 6.04 Å². The van der Waals surface area contributed by atoms with E-state index in [1.165, 1.54) is 21.3 Å². The van der Waals surface area contributed by atoms with Gasteiger partial charge >= 0.3 is 0 Å². The van der Waals surface area contributed by atoms with Crippen molar-refractivity contribution < 1.29 is 13.2 Å². The summed E-state index contributed by atoms with van der Waals surface area (Å²) in [5.74, 6) is -0.355. The molecular formula is C17H25N3O3S. The van der Waals surface area contributed by atoms with Gasteiger partial charge in [-0.05, 0) is 24.6 Å². The zero-order valence-electron chi connectivity index (χ0n) is 14.7. The largest absolute Gasteiger partial charge is 0.326 e. The number of nitrogens with zero attached hydrogens (tertiary/aromatic N) is 3. The van der Waals surface area contributed by atoms with Gasteiger partial charge in [-0.3, -0.25) is 4.79 Å². The number of nitriles is 1. The lowest BCUT2D eigenvalue weighted by atomic mass is 10.1. The quantitative estimate of drug-likeness (QED) is 0.720. The van der Waals surface area contributed by atoms with Crippen molar-refractivity contribution in [1.29, 1.82) is 5.26 Å². The summed E-state index contributed by atoms with van der Waals surface area (Å²) in [5.41, 5.74) is 0.266. The standard InChI is InChI=1S/C17H25N3O3S/c1-5-9-15(13-18)19(4)17(21)14-10-8-11-16(12-14)24(22,23)20(6-2)7-3/h8,10-12,15H,5-7,9H2,1-4H3/t15-/m0/s1. The van der Waals surface area contributed by atoms with Crippen LogP contribution < -0.4 is 0 Å². The van der Waals surface area contributed by atoms with E-state index >= 15 is 0 Å². The molecule has 1 rings (SSSR count). The van der Waals surface area contributed by atoms with Crippen LogP contribution in [-0.4, -0.2) is 49.7 Å². The van der Waals surface area contributed by atoms with Gasteiger partial charge in [0.2, 0.25) is 10.0 Å². The second kappa shape index (κ2) is 8.81. The highest BCUT2D eigenvalue weighted by atomic mass is 32.2. The molecule has 0 saturated heterocycles. The maximum atomic E-state index is 12.6. The number of sulfonamides is 1. The molecule has 0 aliphatic heterocycles. The van der Waals surface area contributed by atoms with Crippen molar-refractivity contribution in [2.24, 2.45) is 0 Å². The number of hydrogen-bond donors (Lipinski definition) is 0. The molecular weight excluding hydrogens is 326 g/mol. The monoisotopic (exact) mass is 351 g/mol. The number of carbonyl (C=O) groups is 1. The third kappa shape index (κ3) is 4.34. The van der Waals surface area contributed by atoms with E-state index < -0.39 is 16.1 Å². The first-order valence-corrected chi connectivity index (χ1v) is 9.54. The van der Waals surface area contributed by atoms with E-state index in [1.807, 2.05) is 6.92 Å². The Morgan fingerprint density at radius 3 is 2.38 bits per heavy atom. The summed E-state index contributed by atoms with van der Waals surface area (Å²) >= 11 is 0. The van der Waals surface area contributed by atoms with E-state index in [0.29, 0.717) is 19.5 Å². The summed E-state index contributed by atoms with van der Waals surface area (Å²) < 4.78 is 26.5. The normalized spacial score (nSPS) is 12.7. The van der Waals surface area contributed by atoms with E-state index in [-0.39, 0.29) is 16.4 Å². The van der Waals surface area contributed by atoms with Gasteiger partial charge < -0.3 is 4.90 Å². The second-order valence-corrected chi connectivity index (χ2v) is 7.40. The predicted octanol–water partition coefficient (Wildman–Crippen LogP) is 2.48. The molecule has 0 spiro atoms. The molecule has 1 aromatic carbocycles. The second-order valence-electron chi connectivity index (χ2n) is 5.47. The topological polar surface area (TPSA) is 81.5 Å². The molecule has 1 amide bonds. The molecule has 0 aliphatic rings. The minimum Gasteiger partial charge on any atom is -0.326 e. The summed E-state index contributed by atoms with van der Waals surface area (Å²) in [6.45, 7) is 6.21. The molecule has 0 saturated carbocycles. The average molecular weight is 351 g/mol. The molecule has 132 valence electrons. The molecule has 1 atom stereocenters. The highest BCUT2D eigenvalue weighted by Crippen LogP contribution is 2.18. The summed E-state index contributed by atoms with van der Waals surface area (Å²) in [6, 6.07) is 7.58. The molecule has 24 heavy (non-hydrogen) atoms. The van der Waals surface area contributed by atoms with Crippen LogP contribution in [0.25, 0.3) is 0 Å². The van der Waals surface area contributed by atoms with Gasteiger partial charge in [-0.2, -0.15) is 9.57 Å². The minimum atomic E-state index is -3.62. The van der Waals surface area contributed by atoms with E-state index in [4.69, 9.17) is 0 Å². The van der Waals surface area contributed by atoms with Gasteiger partial charge in [0.05, 0.1) is 11.0 Å². The molecule has 0 bridgehead atoms. The summed E-state index contributed by atoms with van der Waals surface area (Å²) in [7, 11) is -2.05. The van der Waals surface area contributed by atoms with Crippen molar-refractivity contribution in [3.8, 4) is 6.07 Å². The molecule has 0 aliphatic carbocycles. The molecule has 6 nitrogen and oxygen atoms in total. The molecule has 7 heteroatoms. The SMILES string of the molecule is CCC[C@@H](C#N)N(C)C(=O)c1cccc(S(=O)(=O)N(CC)CC)c1. The lowest BCUT2D eigenvalue weighted by molar-refractivity contribution is 0.0758. The third-order valence-electron chi connectivity index (χ3n) is 3.92.